The number of nitrogens with one attached hydrogen (secondary N) is 1. The maximum absolute atomic E-state index is 11.2. The van der Waals surface area contributed by atoms with E-state index in [1.54, 1.807) is 19.2 Å². The Morgan fingerprint density at radius 1 is 1.58 bits per heavy atom. The molecule has 0 saturated heterocycles. The van der Waals surface area contributed by atoms with E-state index >= 15 is 0 Å². The topological polar surface area (TPSA) is 77.2 Å². The lowest BCUT2D eigenvalue weighted by atomic mass is 10.2. The van der Waals surface area contributed by atoms with Crippen LogP contribution < -0.4 is 15.8 Å². The first kappa shape index (κ1) is 13.8. The molecule has 5 nitrogen and oxygen atoms in total. The average Bonchev–Trinajstić information content (AvgIpc) is 2.87. The first-order valence-electron chi connectivity index (χ1n) is 5.43. The van der Waals surface area contributed by atoms with Crippen molar-refractivity contribution in [3.8, 4) is 17.0 Å². The minimum Gasteiger partial charge on any atom is -0.495 e. The van der Waals surface area contributed by atoms with Crippen LogP contribution in [-0.4, -0.2) is 24.5 Å². The van der Waals surface area contributed by atoms with E-state index in [9.17, 15) is 4.79 Å². The molecule has 1 amide bonds. The van der Waals surface area contributed by atoms with Gasteiger partial charge >= 0.3 is 0 Å². The van der Waals surface area contributed by atoms with Gasteiger partial charge in [0.25, 0.3) is 0 Å². The molecule has 1 aromatic carbocycles. The van der Waals surface area contributed by atoms with Crippen molar-refractivity contribution in [2.75, 3.05) is 19.0 Å². The fourth-order valence-corrected chi connectivity index (χ4v) is 2.45. The van der Waals surface area contributed by atoms with E-state index in [4.69, 9.17) is 22.1 Å². The number of halogens is 1. The molecule has 0 unspecified atom stereocenters. The Morgan fingerprint density at radius 2 is 2.37 bits per heavy atom. The second-order valence-electron chi connectivity index (χ2n) is 3.64. The van der Waals surface area contributed by atoms with E-state index in [0.29, 0.717) is 15.9 Å². The summed E-state index contributed by atoms with van der Waals surface area (Å²) in [6.07, 6.45) is 0. The molecule has 0 fully saturated rings. The fraction of sp³-hybridized carbons (Fsp3) is 0.167. The number of nitrogens with two attached hydrogens (primary N) is 1. The van der Waals surface area contributed by atoms with Gasteiger partial charge in [0.05, 0.1) is 24.4 Å². The molecule has 0 bridgehead atoms. The van der Waals surface area contributed by atoms with Crippen molar-refractivity contribution in [3.63, 3.8) is 0 Å². The molecule has 0 spiro atoms. The number of hydrogen-bond acceptors (Lipinski definition) is 5. The zero-order chi connectivity index (χ0) is 13.8. The molecular weight excluding hydrogens is 286 g/mol. The summed E-state index contributed by atoms with van der Waals surface area (Å²) in [4.78, 5) is 15.5. The van der Waals surface area contributed by atoms with Gasteiger partial charge < -0.3 is 15.8 Å². The number of amides is 1. The van der Waals surface area contributed by atoms with Gasteiger partial charge in [-0.2, -0.15) is 0 Å². The van der Waals surface area contributed by atoms with Crippen LogP contribution >= 0.6 is 22.9 Å². The van der Waals surface area contributed by atoms with E-state index in [1.165, 1.54) is 11.3 Å². The SMILES string of the molecule is COc1ccc(-c2csc(NC(=O)CN)n2)cc1Cl. The Bertz CT molecular complexity index is 600. The number of carbonyl (C=O) groups excluding carboxylic acids is 1. The molecule has 7 heteroatoms. The molecule has 100 valence electrons. The maximum Gasteiger partial charge on any atom is 0.239 e. The van der Waals surface area contributed by atoms with Crippen LogP contribution in [0.4, 0.5) is 5.13 Å². The number of carbonyl (C=O) groups is 1. The largest absolute Gasteiger partial charge is 0.495 e. The standard InChI is InChI=1S/C12H12ClN3O2S/c1-18-10-3-2-7(4-8(10)13)9-6-19-12(15-9)16-11(17)5-14/h2-4,6H,5,14H2,1H3,(H,15,16,17). The summed E-state index contributed by atoms with van der Waals surface area (Å²) in [6, 6.07) is 5.40. The van der Waals surface area contributed by atoms with Crippen molar-refractivity contribution in [2.24, 2.45) is 5.73 Å². The third-order valence-corrected chi connectivity index (χ3v) is 3.44. The molecule has 1 aromatic heterocycles. The molecule has 0 aliphatic heterocycles. The number of ether oxygens (including phenoxy) is 1. The average molecular weight is 298 g/mol. The molecule has 0 aliphatic carbocycles. The molecule has 0 saturated carbocycles. The highest BCUT2D eigenvalue weighted by molar-refractivity contribution is 7.14. The number of hydrogen-bond donors (Lipinski definition) is 2. The molecule has 2 aromatic rings. The number of benzene rings is 1. The van der Waals surface area contributed by atoms with Crippen molar-refractivity contribution in [1.29, 1.82) is 0 Å². The minimum absolute atomic E-state index is 0.0662. The first-order chi connectivity index (χ1) is 9.13. The van der Waals surface area contributed by atoms with Gasteiger partial charge in [0, 0.05) is 10.9 Å². The van der Waals surface area contributed by atoms with Crippen molar-refractivity contribution < 1.29 is 9.53 Å². The lowest BCUT2D eigenvalue weighted by molar-refractivity contribution is -0.114. The maximum atomic E-state index is 11.2. The molecule has 3 N–H and O–H groups in total. The molecule has 1 heterocycles. The second-order valence-corrected chi connectivity index (χ2v) is 4.90. The molecule has 19 heavy (non-hydrogen) atoms. The van der Waals surface area contributed by atoms with Crippen LogP contribution in [-0.2, 0) is 4.79 Å². The van der Waals surface area contributed by atoms with Gasteiger partial charge in [0.15, 0.2) is 5.13 Å². The Kier molecular flexibility index (Phi) is 4.36. The van der Waals surface area contributed by atoms with Crippen LogP contribution in [0.15, 0.2) is 23.6 Å². The van der Waals surface area contributed by atoms with E-state index in [0.717, 1.165) is 11.3 Å². The highest BCUT2D eigenvalue weighted by Crippen LogP contribution is 2.31. The Labute approximate surface area is 119 Å². The van der Waals surface area contributed by atoms with Crippen molar-refractivity contribution in [3.05, 3.63) is 28.6 Å². The smallest absolute Gasteiger partial charge is 0.239 e. The molecule has 0 atom stereocenters. The van der Waals surface area contributed by atoms with E-state index < -0.39 is 0 Å². The predicted octanol–water partition coefficient (Wildman–Crippen LogP) is 2.37. The third-order valence-electron chi connectivity index (χ3n) is 2.38. The summed E-state index contributed by atoms with van der Waals surface area (Å²) < 4.78 is 5.09. The summed E-state index contributed by atoms with van der Waals surface area (Å²) in [7, 11) is 1.56. The van der Waals surface area contributed by atoms with Gasteiger partial charge in [0.1, 0.15) is 5.75 Å². The van der Waals surface area contributed by atoms with Crippen LogP contribution in [0.5, 0.6) is 5.75 Å². The highest BCUT2D eigenvalue weighted by Gasteiger charge is 2.09. The summed E-state index contributed by atoms with van der Waals surface area (Å²) in [6.45, 7) is -0.0662. The Balaban J connectivity index is 2.23. The van der Waals surface area contributed by atoms with Gasteiger partial charge in [-0.1, -0.05) is 11.6 Å². The van der Waals surface area contributed by atoms with E-state index in [2.05, 4.69) is 10.3 Å². The summed E-state index contributed by atoms with van der Waals surface area (Å²) >= 11 is 7.39. The van der Waals surface area contributed by atoms with Crippen molar-refractivity contribution >= 4 is 34.0 Å². The summed E-state index contributed by atoms with van der Waals surface area (Å²) in [5, 5.41) is 5.47. The van der Waals surface area contributed by atoms with Crippen LogP contribution in [0.1, 0.15) is 0 Å². The minimum atomic E-state index is -0.270. The summed E-state index contributed by atoms with van der Waals surface area (Å²) in [5.41, 5.74) is 6.82. The van der Waals surface area contributed by atoms with Crippen LogP contribution in [0.2, 0.25) is 5.02 Å². The van der Waals surface area contributed by atoms with Crippen molar-refractivity contribution in [2.45, 2.75) is 0 Å². The van der Waals surface area contributed by atoms with Gasteiger partial charge in [-0.05, 0) is 18.2 Å². The number of nitrogens with zero attached hydrogens (tertiary/aromatic N) is 1. The van der Waals surface area contributed by atoms with Gasteiger partial charge in [-0.25, -0.2) is 4.98 Å². The number of methoxy groups -OCH3 is 1. The summed E-state index contributed by atoms with van der Waals surface area (Å²) in [5.74, 6) is 0.339. The molecule has 0 aliphatic rings. The second kappa shape index (κ2) is 6.01. The normalized spacial score (nSPS) is 10.3. The first-order valence-corrected chi connectivity index (χ1v) is 6.69. The predicted molar refractivity (Wildman–Crippen MR) is 76.8 cm³/mol. The van der Waals surface area contributed by atoms with Gasteiger partial charge in [-0.15, -0.1) is 11.3 Å². The molecular formula is C12H12ClN3O2S. The fourth-order valence-electron chi connectivity index (χ4n) is 1.46. The van der Waals surface area contributed by atoms with Crippen molar-refractivity contribution in [1.82, 2.24) is 4.98 Å². The van der Waals surface area contributed by atoms with Crippen LogP contribution in [0, 0.1) is 0 Å². The Morgan fingerprint density at radius 3 is 3.00 bits per heavy atom. The lowest BCUT2D eigenvalue weighted by Gasteiger charge is -2.04. The number of anilines is 1. The van der Waals surface area contributed by atoms with Gasteiger partial charge in [-0.3, -0.25) is 4.79 Å². The Hall–Kier alpha value is -1.63. The quantitative estimate of drug-likeness (QED) is 0.908. The third kappa shape index (κ3) is 3.23. The molecule has 2 rings (SSSR count). The lowest BCUT2D eigenvalue weighted by Crippen LogP contribution is -2.21. The zero-order valence-electron chi connectivity index (χ0n) is 10.1. The molecule has 0 radical (unpaired) electrons. The highest BCUT2D eigenvalue weighted by atomic mass is 35.5. The number of rotatable bonds is 4. The number of aromatic nitrogens is 1. The number of thiazole rings is 1. The monoisotopic (exact) mass is 297 g/mol. The van der Waals surface area contributed by atoms with Gasteiger partial charge in [0.2, 0.25) is 5.91 Å². The van der Waals surface area contributed by atoms with Crippen LogP contribution in [0.25, 0.3) is 11.3 Å². The van der Waals surface area contributed by atoms with Crippen LogP contribution in [0.3, 0.4) is 0 Å². The van der Waals surface area contributed by atoms with E-state index in [1.807, 2.05) is 11.4 Å². The zero-order valence-corrected chi connectivity index (χ0v) is 11.7. The van der Waals surface area contributed by atoms with E-state index in [-0.39, 0.29) is 12.5 Å².